The zero-order valence-electron chi connectivity index (χ0n) is 44.8. The highest BCUT2D eigenvalue weighted by atomic mass is 35.5. The summed E-state index contributed by atoms with van der Waals surface area (Å²) in [6.45, 7) is 12.4. The first-order valence-electron chi connectivity index (χ1n) is 25.2. The second kappa shape index (κ2) is 31.6. The van der Waals surface area contributed by atoms with Gasteiger partial charge in [-0.2, -0.15) is 0 Å². The average molecular weight is 1200 g/mol. The fourth-order valence-electron chi connectivity index (χ4n) is 9.85. The number of nitrogens with zero attached hydrogens (tertiary/aromatic N) is 4. The van der Waals surface area contributed by atoms with Gasteiger partial charge in [-0.3, -0.25) is 19.4 Å². The van der Waals surface area contributed by atoms with E-state index in [9.17, 15) is 18.7 Å². The van der Waals surface area contributed by atoms with E-state index in [0.717, 1.165) is 111 Å². The molecule has 13 nitrogen and oxygen atoms in total. The van der Waals surface area contributed by atoms with Crippen molar-refractivity contribution in [2.24, 2.45) is 0 Å². The summed E-state index contributed by atoms with van der Waals surface area (Å²) in [5, 5.41) is 1.08. The molecule has 0 radical (unpaired) electrons. The topological polar surface area (TPSA) is 169 Å². The van der Waals surface area contributed by atoms with E-state index in [1.807, 2.05) is 121 Å². The lowest BCUT2D eigenvalue weighted by Gasteiger charge is -2.36. The maximum absolute atomic E-state index is 13.1. The minimum Gasteiger partial charge on any atom is -0.616 e. The van der Waals surface area contributed by atoms with Gasteiger partial charge < -0.3 is 42.7 Å². The first-order valence-corrected chi connectivity index (χ1v) is 28.2. The summed E-state index contributed by atoms with van der Waals surface area (Å²) in [7, 11) is 3.41. The molecule has 79 heavy (non-hydrogen) atoms. The molecule has 0 bridgehead atoms. The molecule has 0 saturated carbocycles. The van der Waals surface area contributed by atoms with Crippen molar-refractivity contribution in [3.05, 3.63) is 188 Å². The monoisotopic (exact) mass is 1190 g/mol. The second-order valence-electron chi connectivity index (χ2n) is 18.7. The van der Waals surface area contributed by atoms with Crippen molar-refractivity contribution in [3.63, 3.8) is 0 Å². The first kappa shape index (κ1) is 66.1. The standard InChI is InChI=1S/2C30H32N2O4S.4ClH.H2O/c2*1-22-28(33)25-12-8-11-24(30(25)36-29(22)23-9-4-3-5-10-23)21-37(34)20-19-31-15-17-32(18-16-31)26-13-6-7-14-27(26)35-2;;;;;/h2*3-14H,15-21H2,1-2H3;4*1H;1H2. The number of fused-ring (bicyclic) bond motifs is 2. The van der Waals surface area contributed by atoms with Crippen molar-refractivity contribution in [2.45, 2.75) is 25.4 Å². The number of hydrogen-bond donors (Lipinski definition) is 0. The number of hydrogen-bond acceptors (Lipinski definition) is 12. The highest BCUT2D eigenvalue weighted by Gasteiger charge is 2.25. The normalized spacial score (nSPS) is 14.2. The third kappa shape index (κ3) is 16.0. The summed E-state index contributed by atoms with van der Waals surface area (Å²) in [4.78, 5) is 35.6. The second-order valence-corrected chi connectivity index (χ2v) is 21.8. The molecular formula is C60H70Cl4N4O9S2. The summed E-state index contributed by atoms with van der Waals surface area (Å²) >= 11 is -2.16. The lowest BCUT2D eigenvalue weighted by Crippen LogP contribution is -2.47. The highest BCUT2D eigenvalue weighted by Crippen LogP contribution is 2.32. The van der Waals surface area contributed by atoms with Gasteiger partial charge in [-0.05, 0) is 72.6 Å². The largest absolute Gasteiger partial charge is 0.616 e. The predicted molar refractivity (Wildman–Crippen MR) is 335 cm³/mol. The van der Waals surface area contributed by atoms with E-state index in [2.05, 4.69) is 31.7 Å². The van der Waals surface area contributed by atoms with Crippen molar-refractivity contribution in [2.75, 3.05) is 101 Å². The van der Waals surface area contributed by atoms with Gasteiger partial charge in [-0.15, -0.1) is 49.6 Å². The van der Waals surface area contributed by atoms with Crippen molar-refractivity contribution in [1.29, 1.82) is 0 Å². The number of halogens is 4. The van der Waals surface area contributed by atoms with Crippen molar-refractivity contribution in [1.82, 2.24) is 9.80 Å². The number of ether oxygens (including phenoxy) is 2. The van der Waals surface area contributed by atoms with Crippen LogP contribution in [0.2, 0.25) is 0 Å². The molecule has 2 N–H and O–H groups in total. The molecule has 2 atom stereocenters. The molecule has 8 aromatic rings. The minimum atomic E-state index is -1.08. The van der Waals surface area contributed by atoms with Crippen LogP contribution in [0.25, 0.3) is 44.6 Å². The van der Waals surface area contributed by atoms with Crippen LogP contribution in [0.3, 0.4) is 0 Å². The Labute approximate surface area is 493 Å². The number of rotatable bonds is 16. The van der Waals surface area contributed by atoms with Crippen LogP contribution < -0.4 is 30.1 Å². The van der Waals surface area contributed by atoms with E-state index < -0.39 is 22.4 Å². The van der Waals surface area contributed by atoms with E-state index in [0.29, 0.717) is 67.6 Å². The molecule has 424 valence electrons. The van der Waals surface area contributed by atoms with Crippen LogP contribution in [0.1, 0.15) is 22.3 Å². The summed E-state index contributed by atoms with van der Waals surface area (Å²) in [6, 6.07) is 46.6. The molecular weight excluding hydrogens is 1130 g/mol. The number of methoxy groups -OCH3 is 2. The first-order chi connectivity index (χ1) is 36.1. The van der Waals surface area contributed by atoms with E-state index in [-0.39, 0.29) is 66.0 Å². The van der Waals surface area contributed by atoms with Gasteiger partial charge in [0.2, 0.25) is 0 Å². The average Bonchev–Trinajstić information content (AvgIpc) is 3.51. The molecule has 2 fully saturated rings. The Balaban J connectivity index is 0.000000320. The third-order valence-electron chi connectivity index (χ3n) is 14.0. The number of anilines is 2. The van der Waals surface area contributed by atoms with E-state index in [4.69, 9.17) is 18.3 Å². The molecule has 2 saturated heterocycles. The fourth-order valence-corrected chi connectivity index (χ4v) is 12.2. The molecule has 0 amide bonds. The van der Waals surface area contributed by atoms with Crippen LogP contribution >= 0.6 is 49.6 Å². The molecule has 10 rings (SSSR count). The maximum atomic E-state index is 13.1. The van der Waals surface area contributed by atoms with Crippen molar-refractivity contribution < 1.29 is 32.9 Å². The van der Waals surface area contributed by atoms with Gasteiger partial charge >= 0.3 is 0 Å². The highest BCUT2D eigenvalue weighted by molar-refractivity contribution is 7.90. The molecule has 6 aromatic carbocycles. The van der Waals surface area contributed by atoms with Gasteiger partial charge in [0.1, 0.15) is 57.2 Å². The van der Waals surface area contributed by atoms with Crippen LogP contribution in [0, 0.1) is 13.8 Å². The van der Waals surface area contributed by atoms with Crippen LogP contribution in [-0.2, 0) is 33.9 Å². The van der Waals surface area contributed by atoms with Gasteiger partial charge in [0.05, 0.1) is 36.4 Å². The molecule has 2 aliphatic heterocycles. The molecule has 0 spiro atoms. The fraction of sp³-hybridized carbons (Fsp3) is 0.300. The van der Waals surface area contributed by atoms with E-state index in [1.54, 1.807) is 40.2 Å². The Hall–Kier alpha value is -5.40. The lowest BCUT2D eigenvalue weighted by molar-refractivity contribution is 0.271. The molecule has 0 aliphatic carbocycles. The SMILES string of the molecule is COc1ccccc1N1CCN(CC[S+]([O-])Cc2cccc3c(=O)c(C)c(-c4ccccc4)oc23)CC1.COc1ccccc1N1CCN(CC[S+]([O-])Cc2cccc3c(=O)c(C)c(-c4ccccc4)oc23)CC1.Cl.Cl.Cl.Cl.O. The summed E-state index contributed by atoms with van der Waals surface area (Å²) in [6.07, 6.45) is 0. The smallest absolute Gasteiger partial charge is 0.196 e. The van der Waals surface area contributed by atoms with Gasteiger partial charge in [-0.25, -0.2) is 0 Å². The Morgan fingerprint density at radius 3 is 1.16 bits per heavy atom. The molecule has 4 heterocycles. The maximum Gasteiger partial charge on any atom is 0.196 e. The summed E-state index contributed by atoms with van der Waals surface area (Å²) in [5.41, 5.74) is 7.76. The zero-order chi connectivity index (χ0) is 51.6. The van der Waals surface area contributed by atoms with Gasteiger partial charge in [0.15, 0.2) is 10.9 Å². The van der Waals surface area contributed by atoms with Crippen molar-refractivity contribution in [3.8, 4) is 34.1 Å². The Kier molecular flexibility index (Phi) is 26.4. The van der Waals surface area contributed by atoms with E-state index in [1.165, 1.54) is 0 Å². The summed E-state index contributed by atoms with van der Waals surface area (Å²) < 4.78 is 49.9. The number of piperazine rings is 2. The predicted octanol–water partition coefficient (Wildman–Crippen LogP) is 10.6. The van der Waals surface area contributed by atoms with Gasteiger partial charge in [-0.1, -0.05) is 109 Å². The minimum absolute atomic E-state index is 0. The van der Waals surface area contributed by atoms with Crippen LogP contribution in [0.5, 0.6) is 11.5 Å². The Morgan fingerprint density at radius 1 is 0.468 bits per heavy atom. The zero-order valence-corrected chi connectivity index (χ0v) is 49.7. The third-order valence-corrected chi connectivity index (χ3v) is 16.6. The van der Waals surface area contributed by atoms with Crippen LogP contribution in [-0.4, -0.2) is 116 Å². The van der Waals surface area contributed by atoms with Gasteiger partial charge in [0.25, 0.3) is 0 Å². The number of benzene rings is 6. The molecule has 2 unspecified atom stereocenters. The van der Waals surface area contributed by atoms with Crippen LogP contribution in [0.15, 0.2) is 164 Å². The van der Waals surface area contributed by atoms with Crippen LogP contribution in [0.4, 0.5) is 11.4 Å². The lowest BCUT2D eigenvalue weighted by atomic mass is 10.0. The van der Waals surface area contributed by atoms with Crippen molar-refractivity contribution >= 4 is 105 Å². The summed E-state index contributed by atoms with van der Waals surface area (Å²) in [5.74, 6) is 4.80. The number of para-hydroxylation sites is 6. The molecule has 2 aliphatic rings. The molecule has 19 heteroatoms. The van der Waals surface area contributed by atoms with Gasteiger partial charge in [0, 0.05) is 98.8 Å². The Bertz CT molecular complexity index is 3070. The molecule has 2 aromatic heterocycles. The van der Waals surface area contributed by atoms with E-state index >= 15 is 0 Å². The Morgan fingerprint density at radius 2 is 0.810 bits per heavy atom. The quantitative estimate of drug-likeness (QED) is 0.0841.